The minimum atomic E-state index is -0.676. The predicted molar refractivity (Wildman–Crippen MR) is 71.3 cm³/mol. The third-order valence-electron chi connectivity index (χ3n) is 3.93. The van der Waals surface area contributed by atoms with Crippen molar-refractivity contribution in [2.45, 2.75) is 44.7 Å². The molecule has 0 aromatic heterocycles. The van der Waals surface area contributed by atoms with E-state index in [0.29, 0.717) is 6.04 Å². The van der Waals surface area contributed by atoms with Crippen molar-refractivity contribution in [1.29, 1.82) is 0 Å². The molecule has 1 aliphatic carbocycles. The summed E-state index contributed by atoms with van der Waals surface area (Å²) in [7, 11) is 0. The monoisotopic (exact) mass is 265 g/mol. The van der Waals surface area contributed by atoms with Crippen LogP contribution in [-0.4, -0.2) is 17.1 Å². The van der Waals surface area contributed by atoms with E-state index in [-0.39, 0.29) is 17.8 Å². The molecule has 1 atom stereocenters. The van der Waals surface area contributed by atoms with Crippen molar-refractivity contribution in [3.63, 3.8) is 0 Å². The zero-order valence-electron chi connectivity index (χ0n) is 11.1. The molecule has 1 unspecified atom stereocenters. The van der Waals surface area contributed by atoms with Crippen molar-refractivity contribution in [3.05, 3.63) is 35.6 Å². The molecule has 3 nitrogen and oxygen atoms in total. The van der Waals surface area contributed by atoms with E-state index in [1.165, 1.54) is 12.1 Å². The summed E-state index contributed by atoms with van der Waals surface area (Å²) < 4.78 is 12.9. The number of carbonyl (C=O) groups is 1. The summed E-state index contributed by atoms with van der Waals surface area (Å²) in [4.78, 5) is 10.9. The van der Waals surface area contributed by atoms with Gasteiger partial charge in [-0.25, -0.2) is 4.39 Å². The number of aliphatic carboxylic acids is 1. The van der Waals surface area contributed by atoms with E-state index >= 15 is 0 Å². The van der Waals surface area contributed by atoms with E-state index in [0.717, 1.165) is 31.2 Å². The lowest BCUT2D eigenvalue weighted by Crippen LogP contribution is -2.36. The van der Waals surface area contributed by atoms with Gasteiger partial charge in [-0.2, -0.15) is 0 Å². The average Bonchev–Trinajstić information content (AvgIpc) is 2.40. The Morgan fingerprint density at radius 1 is 1.26 bits per heavy atom. The van der Waals surface area contributed by atoms with Crippen LogP contribution in [0, 0.1) is 11.7 Å². The van der Waals surface area contributed by atoms with E-state index in [2.05, 4.69) is 12.2 Å². The van der Waals surface area contributed by atoms with E-state index in [1.807, 2.05) is 0 Å². The lowest BCUT2D eigenvalue weighted by atomic mass is 9.85. The molecule has 0 bridgehead atoms. The smallest absolute Gasteiger partial charge is 0.306 e. The fourth-order valence-corrected chi connectivity index (χ4v) is 2.71. The van der Waals surface area contributed by atoms with Gasteiger partial charge in [0.15, 0.2) is 0 Å². The van der Waals surface area contributed by atoms with Gasteiger partial charge in [0.2, 0.25) is 0 Å². The summed E-state index contributed by atoms with van der Waals surface area (Å²) in [5.41, 5.74) is 1.06. The molecule has 0 saturated heterocycles. The molecule has 1 aromatic carbocycles. The molecule has 0 radical (unpaired) electrons. The quantitative estimate of drug-likeness (QED) is 0.879. The maximum absolute atomic E-state index is 12.9. The number of halogens is 1. The van der Waals surface area contributed by atoms with Crippen LogP contribution in [0.2, 0.25) is 0 Å². The molecule has 2 rings (SSSR count). The number of carboxylic acid groups (broad SMARTS) is 1. The maximum atomic E-state index is 12.9. The van der Waals surface area contributed by atoms with Crippen LogP contribution in [0.5, 0.6) is 0 Å². The Labute approximate surface area is 112 Å². The van der Waals surface area contributed by atoms with Crippen molar-refractivity contribution >= 4 is 5.97 Å². The van der Waals surface area contributed by atoms with Crippen molar-refractivity contribution < 1.29 is 14.3 Å². The molecule has 1 aromatic rings. The molecule has 4 heteroatoms. The fraction of sp³-hybridized carbons (Fsp3) is 0.533. The van der Waals surface area contributed by atoms with Gasteiger partial charge in [-0.3, -0.25) is 4.79 Å². The van der Waals surface area contributed by atoms with Crippen LogP contribution in [0.1, 0.15) is 44.2 Å². The highest BCUT2D eigenvalue weighted by molar-refractivity contribution is 5.70. The van der Waals surface area contributed by atoms with Crippen molar-refractivity contribution in [2.24, 2.45) is 5.92 Å². The van der Waals surface area contributed by atoms with Gasteiger partial charge < -0.3 is 10.4 Å². The van der Waals surface area contributed by atoms with Crippen LogP contribution in [0.25, 0.3) is 0 Å². The van der Waals surface area contributed by atoms with Crippen molar-refractivity contribution in [3.8, 4) is 0 Å². The van der Waals surface area contributed by atoms with E-state index in [4.69, 9.17) is 5.11 Å². The Hall–Kier alpha value is -1.42. The van der Waals surface area contributed by atoms with E-state index in [1.54, 1.807) is 12.1 Å². The normalized spacial score (nSPS) is 24.9. The van der Waals surface area contributed by atoms with E-state index in [9.17, 15) is 9.18 Å². The highest BCUT2D eigenvalue weighted by Crippen LogP contribution is 2.26. The standard InChI is InChI=1S/C15H20FNO2/c1-10(11-2-6-13(16)7-3-11)17-14-8-4-12(5-9-14)15(18)19/h2-3,6-7,10,12,14,17H,4-5,8-9H2,1H3,(H,18,19). The lowest BCUT2D eigenvalue weighted by Gasteiger charge is -2.29. The summed E-state index contributed by atoms with van der Waals surface area (Å²) in [5.74, 6) is -1.08. The summed E-state index contributed by atoms with van der Waals surface area (Å²) in [5, 5.41) is 12.5. The molecule has 2 N–H and O–H groups in total. The first-order valence-electron chi connectivity index (χ1n) is 6.80. The molecular weight excluding hydrogens is 245 g/mol. The number of hydrogen-bond donors (Lipinski definition) is 2. The van der Waals surface area contributed by atoms with Gasteiger partial charge in [0.05, 0.1) is 5.92 Å². The van der Waals surface area contributed by atoms with Crippen LogP contribution in [-0.2, 0) is 4.79 Å². The first-order valence-corrected chi connectivity index (χ1v) is 6.80. The molecule has 1 fully saturated rings. The van der Waals surface area contributed by atoms with Crippen LogP contribution < -0.4 is 5.32 Å². The fourth-order valence-electron chi connectivity index (χ4n) is 2.71. The lowest BCUT2D eigenvalue weighted by molar-refractivity contribution is -0.142. The minimum Gasteiger partial charge on any atom is -0.481 e. The van der Waals surface area contributed by atoms with Gasteiger partial charge in [0.1, 0.15) is 5.82 Å². The first-order chi connectivity index (χ1) is 9.06. The Balaban J connectivity index is 1.85. The molecular formula is C15H20FNO2. The highest BCUT2D eigenvalue weighted by Gasteiger charge is 2.26. The Bertz CT molecular complexity index is 424. The van der Waals surface area contributed by atoms with Crippen LogP contribution >= 0.6 is 0 Å². The Kier molecular flexibility index (Phi) is 4.53. The second kappa shape index (κ2) is 6.15. The molecule has 0 heterocycles. The molecule has 1 saturated carbocycles. The van der Waals surface area contributed by atoms with Crippen LogP contribution in [0.3, 0.4) is 0 Å². The van der Waals surface area contributed by atoms with Gasteiger partial charge in [-0.05, 0) is 50.3 Å². The number of benzene rings is 1. The van der Waals surface area contributed by atoms with Gasteiger partial charge in [-0.1, -0.05) is 12.1 Å². The van der Waals surface area contributed by atoms with Crippen molar-refractivity contribution in [2.75, 3.05) is 0 Å². The number of carboxylic acids is 1. The molecule has 1 aliphatic rings. The van der Waals surface area contributed by atoms with Gasteiger partial charge in [0, 0.05) is 12.1 Å². The van der Waals surface area contributed by atoms with Gasteiger partial charge in [-0.15, -0.1) is 0 Å². The number of hydrogen-bond acceptors (Lipinski definition) is 2. The Morgan fingerprint density at radius 3 is 2.37 bits per heavy atom. The predicted octanol–water partition coefficient (Wildman–Crippen LogP) is 3.12. The zero-order chi connectivity index (χ0) is 13.8. The summed E-state index contributed by atoms with van der Waals surface area (Å²) in [6.45, 7) is 2.05. The zero-order valence-corrected chi connectivity index (χ0v) is 11.1. The molecule has 104 valence electrons. The summed E-state index contributed by atoms with van der Waals surface area (Å²) in [6, 6.07) is 7.03. The Morgan fingerprint density at radius 2 is 1.84 bits per heavy atom. The number of rotatable bonds is 4. The van der Waals surface area contributed by atoms with Crippen molar-refractivity contribution in [1.82, 2.24) is 5.32 Å². The third-order valence-corrected chi connectivity index (χ3v) is 3.93. The second-order valence-electron chi connectivity index (χ2n) is 5.33. The van der Waals surface area contributed by atoms with E-state index < -0.39 is 5.97 Å². The highest BCUT2D eigenvalue weighted by atomic mass is 19.1. The molecule has 0 amide bonds. The van der Waals surface area contributed by atoms with Crippen LogP contribution in [0.4, 0.5) is 4.39 Å². The molecule has 0 spiro atoms. The summed E-state index contributed by atoms with van der Waals surface area (Å²) in [6.07, 6.45) is 3.26. The van der Waals surface area contributed by atoms with Gasteiger partial charge >= 0.3 is 5.97 Å². The topological polar surface area (TPSA) is 49.3 Å². The number of nitrogens with one attached hydrogen (secondary N) is 1. The molecule has 0 aliphatic heterocycles. The van der Waals surface area contributed by atoms with Gasteiger partial charge in [0.25, 0.3) is 0 Å². The SMILES string of the molecule is CC(NC1CCC(C(=O)O)CC1)c1ccc(F)cc1. The first kappa shape index (κ1) is 14.0. The summed E-state index contributed by atoms with van der Waals surface area (Å²) >= 11 is 0. The maximum Gasteiger partial charge on any atom is 0.306 e. The van der Waals surface area contributed by atoms with Crippen LogP contribution in [0.15, 0.2) is 24.3 Å². The minimum absolute atomic E-state index is 0.159. The third kappa shape index (κ3) is 3.77. The molecule has 19 heavy (non-hydrogen) atoms. The second-order valence-corrected chi connectivity index (χ2v) is 5.33. The largest absolute Gasteiger partial charge is 0.481 e. The average molecular weight is 265 g/mol.